The van der Waals surface area contributed by atoms with Crippen molar-refractivity contribution in [1.29, 1.82) is 0 Å². The van der Waals surface area contributed by atoms with Crippen LogP contribution >= 0.6 is 0 Å². The summed E-state index contributed by atoms with van der Waals surface area (Å²) in [6.45, 7) is 0.708. The number of hydrogen-bond donors (Lipinski definition) is 2. The number of carboxylic acid groups (broad SMARTS) is 1. The lowest BCUT2D eigenvalue weighted by atomic mass is 10.2. The van der Waals surface area contributed by atoms with Gasteiger partial charge in [-0.25, -0.2) is 4.79 Å². The number of carbonyl (C=O) groups excluding carboxylic acids is 2. The Morgan fingerprint density at radius 1 is 1.32 bits per heavy atom. The summed E-state index contributed by atoms with van der Waals surface area (Å²) in [5.41, 5.74) is 0. The molecular formula is C12H20N2O5. The van der Waals surface area contributed by atoms with Gasteiger partial charge in [-0.05, 0) is 12.8 Å². The third kappa shape index (κ3) is 6.76. The van der Waals surface area contributed by atoms with Crippen molar-refractivity contribution >= 4 is 17.8 Å². The Labute approximate surface area is 111 Å². The molecule has 108 valence electrons. The molecule has 7 heteroatoms. The predicted molar refractivity (Wildman–Crippen MR) is 66.5 cm³/mol. The molecule has 1 rings (SSSR count). The van der Waals surface area contributed by atoms with Crippen molar-refractivity contribution in [2.24, 2.45) is 0 Å². The minimum atomic E-state index is -1.04. The first-order valence-corrected chi connectivity index (χ1v) is 6.43. The standard InChI is InChI=1S/C12H20N2O5/c15-10(13-5-7-19-9-12(17)18)8-14-6-3-1-2-4-11(14)16/h1-9H2,(H,13,15)(H,17,18). The number of likely N-dealkylation sites (tertiary alicyclic amines) is 1. The Morgan fingerprint density at radius 3 is 2.84 bits per heavy atom. The third-order valence-corrected chi connectivity index (χ3v) is 2.80. The smallest absolute Gasteiger partial charge is 0.329 e. The monoisotopic (exact) mass is 272 g/mol. The lowest BCUT2D eigenvalue weighted by Gasteiger charge is -2.19. The van der Waals surface area contributed by atoms with Crippen LogP contribution in [0.25, 0.3) is 0 Å². The second kappa shape index (κ2) is 8.47. The van der Waals surface area contributed by atoms with Gasteiger partial charge in [0, 0.05) is 19.5 Å². The van der Waals surface area contributed by atoms with E-state index in [-0.39, 0.29) is 38.1 Å². The number of ether oxygens (including phenoxy) is 1. The molecule has 7 nitrogen and oxygen atoms in total. The van der Waals surface area contributed by atoms with Crippen molar-refractivity contribution in [2.75, 3.05) is 32.8 Å². The maximum absolute atomic E-state index is 11.7. The Hall–Kier alpha value is -1.63. The average Bonchev–Trinajstić information content (AvgIpc) is 2.54. The number of carboxylic acids is 1. The van der Waals surface area contributed by atoms with E-state index in [0.717, 1.165) is 19.3 Å². The van der Waals surface area contributed by atoms with Crippen LogP contribution in [0.5, 0.6) is 0 Å². The van der Waals surface area contributed by atoms with Gasteiger partial charge < -0.3 is 20.1 Å². The molecule has 2 amide bonds. The van der Waals surface area contributed by atoms with E-state index >= 15 is 0 Å². The molecule has 0 radical (unpaired) electrons. The Morgan fingerprint density at radius 2 is 2.11 bits per heavy atom. The second-order valence-corrected chi connectivity index (χ2v) is 4.42. The summed E-state index contributed by atoms with van der Waals surface area (Å²) in [4.78, 5) is 35.0. The molecule has 1 aliphatic heterocycles. The van der Waals surface area contributed by atoms with Crippen molar-refractivity contribution < 1.29 is 24.2 Å². The SMILES string of the molecule is O=C(O)COCCNC(=O)CN1CCCCCC1=O. The molecule has 0 aliphatic carbocycles. The summed E-state index contributed by atoms with van der Waals surface area (Å²) >= 11 is 0. The molecule has 0 unspecified atom stereocenters. The maximum atomic E-state index is 11.7. The molecular weight excluding hydrogens is 252 g/mol. The molecule has 1 aliphatic rings. The van der Waals surface area contributed by atoms with Crippen LogP contribution in [0.1, 0.15) is 25.7 Å². The minimum Gasteiger partial charge on any atom is -0.480 e. The second-order valence-electron chi connectivity index (χ2n) is 4.42. The van der Waals surface area contributed by atoms with Gasteiger partial charge in [-0.15, -0.1) is 0 Å². The number of aliphatic carboxylic acids is 1. The first kappa shape index (κ1) is 15.4. The van der Waals surface area contributed by atoms with E-state index in [1.165, 1.54) is 0 Å². The van der Waals surface area contributed by atoms with Crippen molar-refractivity contribution in [3.63, 3.8) is 0 Å². The zero-order chi connectivity index (χ0) is 14.1. The highest BCUT2D eigenvalue weighted by Gasteiger charge is 2.18. The first-order chi connectivity index (χ1) is 9.09. The lowest BCUT2D eigenvalue weighted by Crippen LogP contribution is -2.41. The molecule has 0 bridgehead atoms. The topological polar surface area (TPSA) is 95.9 Å². The van der Waals surface area contributed by atoms with Crippen LogP contribution in [0, 0.1) is 0 Å². The number of nitrogens with zero attached hydrogens (tertiary/aromatic N) is 1. The van der Waals surface area contributed by atoms with E-state index in [1.54, 1.807) is 4.90 Å². The molecule has 1 saturated heterocycles. The summed E-state index contributed by atoms with van der Waals surface area (Å²) in [7, 11) is 0. The van der Waals surface area contributed by atoms with Gasteiger partial charge in [-0.1, -0.05) is 6.42 Å². The molecule has 0 aromatic carbocycles. The van der Waals surface area contributed by atoms with E-state index in [0.29, 0.717) is 13.0 Å². The molecule has 0 aromatic heterocycles. The zero-order valence-corrected chi connectivity index (χ0v) is 10.9. The largest absolute Gasteiger partial charge is 0.480 e. The lowest BCUT2D eigenvalue weighted by molar-refractivity contribution is -0.142. The first-order valence-electron chi connectivity index (χ1n) is 6.43. The fourth-order valence-corrected chi connectivity index (χ4v) is 1.86. The van der Waals surface area contributed by atoms with Crippen molar-refractivity contribution in [3.8, 4) is 0 Å². The fraction of sp³-hybridized carbons (Fsp3) is 0.750. The van der Waals surface area contributed by atoms with Crippen molar-refractivity contribution in [2.45, 2.75) is 25.7 Å². The molecule has 0 saturated carbocycles. The number of hydrogen-bond acceptors (Lipinski definition) is 4. The molecule has 1 heterocycles. The highest BCUT2D eigenvalue weighted by Crippen LogP contribution is 2.10. The molecule has 19 heavy (non-hydrogen) atoms. The average molecular weight is 272 g/mol. The maximum Gasteiger partial charge on any atom is 0.329 e. The Balaban J connectivity index is 2.15. The van der Waals surface area contributed by atoms with E-state index in [2.05, 4.69) is 5.32 Å². The molecule has 0 atom stereocenters. The van der Waals surface area contributed by atoms with E-state index in [1.807, 2.05) is 0 Å². The molecule has 0 spiro atoms. The quantitative estimate of drug-likeness (QED) is 0.615. The van der Waals surface area contributed by atoms with Gasteiger partial charge in [0.2, 0.25) is 11.8 Å². The third-order valence-electron chi connectivity index (χ3n) is 2.80. The summed E-state index contributed by atoms with van der Waals surface area (Å²) in [5.74, 6) is -1.26. The van der Waals surface area contributed by atoms with Crippen molar-refractivity contribution in [1.82, 2.24) is 10.2 Å². The van der Waals surface area contributed by atoms with Crippen LogP contribution in [0.2, 0.25) is 0 Å². The van der Waals surface area contributed by atoms with E-state index < -0.39 is 5.97 Å². The highest BCUT2D eigenvalue weighted by molar-refractivity contribution is 5.84. The van der Waals surface area contributed by atoms with Gasteiger partial charge in [0.25, 0.3) is 0 Å². The van der Waals surface area contributed by atoms with Crippen LogP contribution in [-0.4, -0.2) is 60.6 Å². The van der Waals surface area contributed by atoms with Crippen LogP contribution in [-0.2, 0) is 19.1 Å². The highest BCUT2D eigenvalue weighted by atomic mass is 16.5. The van der Waals surface area contributed by atoms with Crippen molar-refractivity contribution in [3.05, 3.63) is 0 Å². The summed E-state index contributed by atoms with van der Waals surface area (Å²) < 4.78 is 4.78. The Bertz CT molecular complexity index is 332. The summed E-state index contributed by atoms with van der Waals surface area (Å²) in [6, 6.07) is 0. The molecule has 1 fully saturated rings. The fourth-order valence-electron chi connectivity index (χ4n) is 1.86. The predicted octanol–water partition coefficient (Wildman–Crippen LogP) is -0.394. The van der Waals surface area contributed by atoms with Gasteiger partial charge in [-0.3, -0.25) is 9.59 Å². The van der Waals surface area contributed by atoms with Crippen LogP contribution in [0.3, 0.4) is 0 Å². The molecule has 2 N–H and O–H groups in total. The van der Waals surface area contributed by atoms with E-state index in [9.17, 15) is 14.4 Å². The minimum absolute atomic E-state index is 0.0229. The number of nitrogens with one attached hydrogen (secondary N) is 1. The number of carbonyl (C=O) groups is 3. The summed E-state index contributed by atoms with van der Waals surface area (Å²) in [6.07, 6.45) is 3.35. The van der Waals surface area contributed by atoms with E-state index in [4.69, 9.17) is 9.84 Å². The van der Waals surface area contributed by atoms with Gasteiger partial charge in [0.15, 0.2) is 0 Å². The van der Waals surface area contributed by atoms with Gasteiger partial charge >= 0.3 is 5.97 Å². The van der Waals surface area contributed by atoms with Crippen LogP contribution < -0.4 is 5.32 Å². The normalized spacial score (nSPS) is 16.0. The zero-order valence-electron chi connectivity index (χ0n) is 10.9. The van der Waals surface area contributed by atoms with Gasteiger partial charge in [0.05, 0.1) is 13.2 Å². The van der Waals surface area contributed by atoms with Crippen LogP contribution in [0.4, 0.5) is 0 Å². The number of amides is 2. The summed E-state index contributed by atoms with van der Waals surface area (Å²) in [5, 5.41) is 10.9. The van der Waals surface area contributed by atoms with Gasteiger partial charge in [0.1, 0.15) is 6.61 Å². The van der Waals surface area contributed by atoms with Gasteiger partial charge in [-0.2, -0.15) is 0 Å². The Kier molecular flexibility index (Phi) is 6.88. The van der Waals surface area contributed by atoms with Crippen LogP contribution in [0.15, 0.2) is 0 Å². The number of rotatable bonds is 7. The molecule has 0 aromatic rings.